The van der Waals surface area contributed by atoms with Crippen LogP contribution in [0.3, 0.4) is 0 Å². The molecule has 5 amide bonds. The van der Waals surface area contributed by atoms with E-state index in [1.165, 1.54) is 0 Å². The zero-order valence-corrected chi connectivity index (χ0v) is 36.1. The van der Waals surface area contributed by atoms with Crippen molar-refractivity contribution in [2.24, 2.45) is 23.6 Å². The third-order valence-corrected chi connectivity index (χ3v) is 9.19. The van der Waals surface area contributed by atoms with Gasteiger partial charge in [-0.2, -0.15) is 0 Å². The van der Waals surface area contributed by atoms with Crippen molar-refractivity contribution in [2.45, 2.75) is 50.7 Å². The molecule has 0 radical (unpaired) electrons. The van der Waals surface area contributed by atoms with E-state index in [9.17, 15) is 33.4 Å². The Kier molecular flexibility index (Phi) is 33.5. The lowest BCUT2D eigenvalue weighted by Gasteiger charge is -2.31. The summed E-state index contributed by atoms with van der Waals surface area (Å²) in [6.45, 7) is 3.89. The van der Waals surface area contributed by atoms with E-state index >= 15 is 0 Å². The normalized spacial score (nSPS) is 16.6. The van der Waals surface area contributed by atoms with Gasteiger partial charge in [0, 0.05) is 38.6 Å². The largest absolute Gasteiger partial charge is 0.377 e. The van der Waals surface area contributed by atoms with E-state index in [2.05, 4.69) is 35.8 Å². The first-order valence-corrected chi connectivity index (χ1v) is 22.2. The van der Waals surface area contributed by atoms with Gasteiger partial charge in [-0.3, -0.25) is 28.5 Å². The summed E-state index contributed by atoms with van der Waals surface area (Å²) in [5.41, 5.74) is 0. The van der Waals surface area contributed by atoms with E-state index in [0.717, 1.165) is 11.6 Å². The van der Waals surface area contributed by atoms with Crippen LogP contribution in [0.15, 0.2) is 0 Å². The van der Waals surface area contributed by atoms with Crippen molar-refractivity contribution >= 4 is 37.1 Å². The summed E-state index contributed by atoms with van der Waals surface area (Å²) in [5, 5.41) is 10.7. The molecular formula is C35H69N8O17P. The lowest BCUT2D eigenvalue weighted by molar-refractivity contribution is -0.143. The minimum absolute atomic E-state index is 0.0791. The highest BCUT2D eigenvalue weighted by atomic mass is 31.2. The van der Waals surface area contributed by atoms with Crippen molar-refractivity contribution in [2.75, 3.05) is 138 Å². The second-order valence-electron chi connectivity index (χ2n) is 13.5. The smallest absolute Gasteiger partial charge is 0.325 e. The number of hydrogen-bond acceptors (Lipinski definition) is 19. The number of amides is 5. The Hall–Kier alpha value is -2.98. The van der Waals surface area contributed by atoms with Crippen LogP contribution in [0.1, 0.15) is 38.5 Å². The van der Waals surface area contributed by atoms with Gasteiger partial charge in [0.15, 0.2) is 0 Å². The van der Waals surface area contributed by atoms with Gasteiger partial charge in [0.25, 0.3) is 0 Å². The Morgan fingerprint density at radius 2 is 0.984 bits per heavy atom. The maximum absolute atomic E-state index is 14.2. The Morgan fingerprint density at radius 1 is 0.607 bits per heavy atom. The molecule has 0 aromatic heterocycles. The predicted molar refractivity (Wildman–Crippen MR) is 215 cm³/mol. The molecule has 0 aromatic carbocycles. The number of carbonyl (C=O) groups excluding carboxylic acids is 5. The molecule has 0 aliphatic heterocycles. The molecule has 25 nitrogen and oxygen atoms in total. The molecule has 26 heteroatoms. The Labute approximate surface area is 356 Å². The predicted octanol–water partition coefficient (Wildman–Crippen LogP) is -3.41. The summed E-state index contributed by atoms with van der Waals surface area (Å²) in [4.78, 5) is 90.7. The molecule has 2 atom stereocenters. The summed E-state index contributed by atoms with van der Waals surface area (Å²) in [6, 6.07) is -1.31. The molecule has 0 saturated heterocycles. The second-order valence-corrected chi connectivity index (χ2v) is 15.3. The number of nitrogens with two attached hydrogens (primary N) is 3. The minimum Gasteiger partial charge on any atom is -0.377 e. The quantitative estimate of drug-likeness (QED) is 0.0169. The van der Waals surface area contributed by atoms with Crippen LogP contribution in [-0.4, -0.2) is 190 Å². The van der Waals surface area contributed by atoms with Crippen LogP contribution in [0, 0.1) is 5.92 Å². The minimum atomic E-state index is -3.74. The second kappa shape index (κ2) is 36.5. The van der Waals surface area contributed by atoms with Gasteiger partial charge in [0.1, 0.15) is 19.1 Å². The van der Waals surface area contributed by atoms with Gasteiger partial charge in [-0.1, -0.05) is 0 Å². The van der Waals surface area contributed by atoms with Crippen LogP contribution < -0.4 is 39.0 Å². The number of nitrogens with one attached hydrogen (secondary N) is 4. The van der Waals surface area contributed by atoms with Gasteiger partial charge >= 0.3 is 7.60 Å². The van der Waals surface area contributed by atoms with Gasteiger partial charge in [0.05, 0.1) is 105 Å². The molecule has 1 fully saturated rings. The summed E-state index contributed by atoms with van der Waals surface area (Å²) in [5.74, 6) is 11.4. The van der Waals surface area contributed by atoms with E-state index in [1.54, 1.807) is 0 Å². The topological polar surface area (TPSA) is 344 Å². The first kappa shape index (κ1) is 56.0. The molecule has 2 unspecified atom stereocenters. The molecule has 1 aliphatic carbocycles. The van der Waals surface area contributed by atoms with Gasteiger partial charge in [-0.25, -0.2) is 17.7 Å². The van der Waals surface area contributed by atoms with Crippen LogP contribution in [0.4, 0.5) is 0 Å². The molecule has 1 saturated carbocycles. The zero-order valence-electron chi connectivity index (χ0n) is 35.2. The zero-order chi connectivity index (χ0) is 45.0. The number of hydrogen-bond donors (Lipinski definition) is 8. The van der Waals surface area contributed by atoms with Crippen LogP contribution in [0.25, 0.3) is 0 Å². The molecule has 11 N–H and O–H groups in total. The van der Waals surface area contributed by atoms with E-state index in [1.807, 2.05) is 0 Å². The van der Waals surface area contributed by atoms with Crippen LogP contribution in [-0.2, 0) is 76.0 Å². The first-order valence-electron chi connectivity index (χ1n) is 20.2. The molecule has 1 rings (SSSR count). The molecule has 1 aliphatic rings. The van der Waals surface area contributed by atoms with Crippen molar-refractivity contribution in [1.29, 1.82) is 0 Å². The molecule has 0 spiro atoms. The van der Waals surface area contributed by atoms with E-state index in [4.69, 9.17) is 50.6 Å². The average molecular weight is 905 g/mol. The van der Waals surface area contributed by atoms with Crippen LogP contribution >= 0.6 is 7.60 Å². The molecule has 0 bridgehead atoms. The van der Waals surface area contributed by atoms with Gasteiger partial charge in [0.2, 0.25) is 29.5 Å². The summed E-state index contributed by atoms with van der Waals surface area (Å²) in [6.07, 6.45) is 0.410. The molecule has 0 aromatic rings. The van der Waals surface area contributed by atoms with Crippen molar-refractivity contribution in [3.05, 3.63) is 0 Å². The van der Waals surface area contributed by atoms with Gasteiger partial charge < -0.3 is 78.5 Å². The Bertz CT molecular complexity index is 1210. The van der Waals surface area contributed by atoms with Crippen molar-refractivity contribution in [1.82, 2.24) is 26.2 Å². The summed E-state index contributed by atoms with van der Waals surface area (Å²) >= 11 is 0. The lowest BCUT2D eigenvalue weighted by atomic mass is 9.86. The summed E-state index contributed by atoms with van der Waals surface area (Å²) < 4.78 is 49.1. The molecule has 0 heterocycles. The highest BCUT2D eigenvalue weighted by molar-refractivity contribution is 7.51. The van der Waals surface area contributed by atoms with Crippen molar-refractivity contribution in [3.8, 4) is 0 Å². The van der Waals surface area contributed by atoms with E-state index < -0.39 is 68.3 Å². The fourth-order valence-electron chi connectivity index (χ4n) is 5.58. The fourth-order valence-corrected chi connectivity index (χ4v) is 6.35. The van der Waals surface area contributed by atoms with E-state index in [-0.39, 0.29) is 118 Å². The maximum atomic E-state index is 14.2. The van der Waals surface area contributed by atoms with Crippen molar-refractivity contribution in [3.63, 3.8) is 0 Å². The first-order chi connectivity index (χ1) is 29.4. The standard InChI is InChI=1S/C35H69N8O17P/c1-61(49,50)60-29-4-2-28(3-5-29)34(47)42-30(6-7-31(44)39-8-11-51-14-17-54-20-23-57-36)35(48)43(26-32(45)40-9-12-52-15-18-55-21-24-58-37)27-33(46)41-10-13-53-16-19-56-22-25-59-38/h28-30H,2-27,36-38H2,1H3,(H,39,44)(H,40,45)(H,41,46)(H,42,47)(H,49,50). The van der Waals surface area contributed by atoms with Crippen LogP contribution in [0.2, 0.25) is 0 Å². The highest BCUT2D eigenvalue weighted by Gasteiger charge is 2.34. The molecule has 61 heavy (non-hydrogen) atoms. The average Bonchev–Trinajstić information content (AvgIpc) is 3.22. The summed E-state index contributed by atoms with van der Waals surface area (Å²) in [7, 11) is -3.74. The molecule has 356 valence electrons. The maximum Gasteiger partial charge on any atom is 0.325 e. The van der Waals surface area contributed by atoms with Gasteiger partial charge in [-0.05, 0) is 32.1 Å². The monoisotopic (exact) mass is 904 g/mol. The SMILES string of the molecule is CP(=O)(O)OC1CCC(C(=O)NC(CCC(=O)NCCOCCOCCON)C(=O)N(CC(=O)NCCOCCOCCON)CC(=O)NCCOCCOCCON)CC1. The third-order valence-electron chi connectivity index (χ3n) is 8.50. The molecular weight excluding hydrogens is 835 g/mol. The van der Waals surface area contributed by atoms with Crippen LogP contribution in [0.5, 0.6) is 0 Å². The lowest BCUT2D eigenvalue weighted by Crippen LogP contribution is -2.54. The number of nitrogens with zero attached hydrogens (tertiary/aromatic N) is 1. The number of rotatable bonds is 39. The number of carbonyl (C=O) groups is 5. The number of ether oxygens (including phenoxy) is 6. The van der Waals surface area contributed by atoms with E-state index in [0.29, 0.717) is 38.9 Å². The van der Waals surface area contributed by atoms with Crippen molar-refractivity contribution < 1.29 is 80.9 Å². The fraction of sp³-hybridized carbons (Fsp3) is 0.857. The Balaban J connectivity index is 2.98. The third kappa shape index (κ3) is 31.5. The highest BCUT2D eigenvalue weighted by Crippen LogP contribution is 2.42. The Morgan fingerprint density at radius 3 is 1.38 bits per heavy atom. The van der Waals surface area contributed by atoms with Gasteiger partial charge in [-0.15, -0.1) is 0 Å².